The van der Waals surface area contributed by atoms with Crippen molar-refractivity contribution in [1.29, 1.82) is 0 Å². The zero-order chi connectivity index (χ0) is 10.3. The molecule has 4 nitrogen and oxygen atoms in total. The van der Waals surface area contributed by atoms with Gasteiger partial charge in [0, 0.05) is 0 Å². The van der Waals surface area contributed by atoms with E-state index in [0.717, 1.165) is 0 Å². The Kier molecular flexibility index (Phi) is 2.20. The predicted octanol–water partition coefficient (Wildman–Crippen LogP) is 2.45. The van der Waals surface area contributed by atoms with Gasteiger partial charge in [-0.2, -0.15) is 0 Å². The summed E-state index contributed by atoms with van der Waals surface area (Å²) < 4.78 is 1.84. The van der Waals surface area contributed by atoms with Crippen molar-refractivity contribution in [1.82, 2.24) is 9.38 Å². The van der Waals surface area contributed by atoms with Crippen molar-refractivity contribution >= 4 is 39.0 Å². The van der Waals surface area contributed by atoms with Crippen LogP contribution in [-0.2, 0) is 0 Å². The molecular weight excluding hydrogens is 271 g/mol. The summed E-state index contributed by atoms with van der Waals surface area (Å²) in [5.41, 5.74) is 0.634. The number of aromatic nitrogens is 2. The van der Waals surface area contributed by atoms with E-state index in [-0.39, 0.29) is 5.82 Å². The summed E-state index contributed by atoms with van der Waals surface area (Å²) in [5.74, 6) is -1.21. The third-order valence-corrected chi connectivity index (χ3v) is 2.64. The van der Waals surface area contributed by atoms with E-state index in [0.29, 0.717) is 15.3 Å². The highest BCUT2D eigenvalue weighted by Crippen LogP contribution is 2.22. The normalized spacial score (nSPS) is 10.7. The lowest BCUT2D eigenvalue weighted by atomic mass is 10.4. The van der Waals surface area contributed by atoms with Gasteiger partial charge in [-0.05, 0) is 28.1 Å². The number of carboxylic acid groups (broad SMARTS) is 1. The van der Waals surface area contributed by atoms with Gasteiger partial charge in [0.15, 0.2) is 0 Å². The van der Waals surface area contributed by atoms with Gasteiger partial charge in [-0.25, -0.2) is 9.78 Å². The van der Waals surface area contributed by atoms with Gasteiger partial charge in [0.05, 0.1) is 5.52 Å². The fourth-order valence-electron chi connectivity index (χ4n) is 1.20. The fraction of sp³-hybridized carbons (Fsp3) is 0. The number of carboxylic acids is 1. The van der Waals surface area contributed by atoms with Crippen molar-refractivity contribution in [2.24, 2.45) is 0 Å². The van der Waals surface area contributed by atoms with Crippen molar-refractivity contribution in [2.45, 2.75) is 0 Å². The molecule has 0 amide bonds. The van der Waals surface area contributed by atoms with Crippen molar-refractivity contribution in [3.63, 3.8) is 0 Å². The number of carbonyl (C=O) groups is 1. The number of fused-ring (bicyclic) bond motifs is 1. The first-order valence-electron chi connectivity index (χ1n) is 3.67. The lowest BCUT2D eigenvalue weighted by molar-refractivity contribution is 0.0682. The lowest BCUT2D eigenvalue weighted by Crippen LogP contribution is -2.03. The molecule has 0 fully saturated rings. The second-order valence-electron chi connectivity index (χ2n) is 2.60. The van der Waals surface area contributed by atoms with Crippen molar-refractivity contribution < 1.29 is 9.90 Å². The van der Waals surface area contributed by atoms with Crippen LogP contribution in [0.5, 0.6) is 0 Å². The number of halogens is 2. The van der Waals surface area contributed by atoms with Crippen LogP contribution in [0.3, 0.4) is 0 Å². The van der Waals surface area contributed by atoms with E-state index in [9.17, 15) is 4.79 Å². The van der Waals surface area contributed by atoms with Crippen LogP contribution in [-0.4, -0.2) is 20.5 Å². The minimum absolute atomic E-state index is 0.0996. The molecule has 0 aliphatic carbocycles. The van der Waals surface area contributed by atoms with E-state index in [1.54, 1.807) is 18.2 Å². The molecular formula is C8H4BrClN2O2. The Balaban J connectivity index is 2.93. The molecule has 0 saturated heterocycles. The second-order valence-corrected chi connectivity index (χ2v) is 3.74. The van der Waals surface area contributed by atoms with Gasteiger partial charge in [-0.1, -0.05) is 17.7 Å². The molecule has 2 rings (SSSR count). The quantitative estimate of drug-likeness (QED) is 0.813. The molecule has 2 aromatic rings. The highest BCUT2D eigenvalue weighted by molar-refractivity contribution is 9.10. The Morgan fingerprint density at radius 3 is 2.93 bits per heavy atom. The topological polar surface area (TPSA) is 54.6 Å². The van der Waals surface area contributed by atoms with Gasteiger partial charge < -0.3 is 5.11 Å². The first-order chi connectivity index (χ1) is 6.61. The monoisotopic (exact) mass is 274 g/mol. The summed E-state index contributed by atoms with van der Waals surface area (Å²) in [7, 11) is 0. The number of aromatic carboxylic acids is 1. The molecule has 2 aromatic heterocycles. The molecule has 14 heavy (non-hydrogen) atoms. The molecule has 0 unspecified atom stereocenters. The van der Waals surface area contributed by atoms with Crippen LogP contribution in [0.2, 0.25) is 5.15 Å². The summed E-state index contributed by atoms with van der Waals surface area (Å²) in [6, 6.07) is 5.07. The molecule has 0 aromatic carbocycles. The molecule has 1 N–H and O–H groups in total. The maximum absolute atomic E-state index is 10.8. The third kappa shape index (κ3) is 1.29. The predicted molar refractivity (Wildman–Crippen MR) is 54.9 cm³/mol. The second kappa shape index (κ2) is 3.25. The standard InChI is InChI=1S/C8H4BrClN2O2/c9-6-4-2-1-3-5(10)12(4)7(11-6)8(13)14/h1-3H,(H,13,14). The van der Waals surface area contributed by atoms with Crippen LogP contribution < -0.4 is 0 Å². The average molecular weight is 275 g/mol. The number of rotatable bonds is 1. The van der Waals surface area contributed by atoms with E-state index >= 15 is 0 Å². The molecule has 0 spiro atoms. The van der Waals surface area contributed by atoms with Crippen LogP contribution in [0.1, 0.15) is 10.6 Å². The summed E-state index contributed by atoms with van der Waals surface area (Å²) in [5, 5.41) is 9.18. The molecule has 0 atom stereocenters. The number of pyridine rings is 1. The zero-order valence-corrected chi connectivity index (χ0v) is 9.08. The molecule has 6 heteroatoms. The van der Waals surface area contributed by atoms with Gasteiger partial charge in [0.25, 0.3) is 0 Å². The van der Waals surface area contributed by atoms with E-state index in [2.05, 4.69) is 20.9 Å². The number of hydrogen-bond donors (Lipinski definition) is 1. The van der Waals surface area contributed by atoms with E-state index in [4.69, 9.17) is 16.7 Å². The van der Waals surface area contributed by atoms with Gasteiger partial charge in [-0.15, -0.1) is 0 Å². The Morgan fingerprint density at radius 2 is 2.29 bits per heavy atom. The molecule has 0 bridgehead atoms. The molecule has 2 heterocycles. The van der Waals surface area contributed by atoms with Gasteiger partial charge in [0.1, 0.15) is 9.76 Å². The summed E-state index contributed by atoms with van der Waals surface area (Å²) in [6.07, 6.45) is 0. The van der Waals surface area contributed by atoms with Crippen LogP contribution in [0.4, 0.5) is 0 Å². The summed E-state index contributed by atoms with van der Waals surface area (Å²) in [4.78, 5) is 14.7. The van der Waals surface area contributed by atoms with Gasteiger partial charge in [0.2, 0.25) is 5.82 Å². The Morgan fingerprint density at radius 1 is 1.57 bits per heavy atom. The average Bonchev–Trinajstić information content (AvgIpc) is 2.46. The highest BCUT2D eigenvalue weighted by Gasteiger charge is 2.16. The first-order valence-corrected chi connectivity index (χ1v) is 4.84. The minimum Gasteiger partial charge on any atom is -0.475 e. The number of imidazole rings is 1. The molecule has 0 saturated carbocycles. The SMILES string of the molecule is O=C(O)c1nc(Br)c2cccc(Cl)n12. The van der Waals surface area contributed by atoms with Crippen molar-refractivity contribution in [3.8, 4) is 0 Å². The van der Waals surface area contributed by atoms with E-state index < -0.39 is 5.97 Å². The van der Waals surface area contributed by atoms with E-state index in [1.165, 1.54) is 4.40 Å². The third-order valence-electron chi connectivity index (χ3n) is 1.76. The van der Waals surface area contributed by atoms with Crippen LogP contribution in [0.25, 0.3) is 5.52 Å². The smallest absolute Gasteiger partial charge is 0.372 e. The summed E-state index contributed by atoms with van der Waals surface area (Å²) >= 11 is 9.02. The van der Waals surface area contributed by atoms with Gasteiger partial charge in [-0.3, -0.25) is 4.40 Å². The van der Waals surface area contributed by atoms with Gasteiger partial charge >= 0.3 is 5.97 Å². The van der Waals surface area contributed by atoms with Crippen LogP contribution in [0, 0.1) is 0 Å². The molecule has 0 aliphatic heterocycles. The molecule has 0 aliphatic rings. The maximum Gasteiger partial charge on any atom is 0.372 e. The lowest BCUT2D eigenvalue weighted by Gasteiger charge is -1.98. The largest absolute Gasteiger partial charge is 0.475 e. The minimum atomic E-state index is -1.11. The Bertz CT molecular complexity index is 523. The number of hydrogen-bond acceptors (Lipinski definition) is 2. The van der Waals surface area contributed by atoms with Crippen molar-refractivity contribution in [3.05, 3.63) is 33.8 Å². The fourth-order valence-corrected chi connectivity index (χ4v) is 1.92. The van der Waals surface area contributed by atoms with E-state index in [1.807, 2.05) is 0 Å². The maximum atomic E-state index is 10.8. The molecule has 72 valence electrons. The zero-order valence-electron chi connectivity index (χ0n) is 6.74. The first kappa shape index (κ1) is 9.48. The summed E-state index contributed by atoms with van der Waals surface area (Å²) in [6.45, 7) is 0. The van der Waals surface area contributed by atoms with Crippen molar-refractivity contribution in [2.75, 3.05) is 0 Å². The molecule has 0 radical (unpaired) electrons. The Labute approximate surface area is 92.3 Å². The van der Waals surface area contributed by atoms with Crippen LogP contribution in [0.15, 0.2) is 22.8 Å². The van der Waals surface area contributed by atoms with Crippen LogP contribution >= 0.6 is 27.5 Å². The number of nitrogens with zero attached hydrogens (tertiary/aromatic N) is 2. The Hall–Kier alpha value is -1.07. The highest BCUT2D eigenvalue weighted by atomic mass is 79.9.